The maximum absolute atomic E-state index is 12.6. The number of hydrogen-bond acceptors (Lipinski definition) is 3. The highest BCUT2D eigenvalue weighted by Crippen LogP contribution is 2.33. The maximum atomic E-state index is 12.6. The first-order valence-electron chi connectivity index (χ1n) is 6.92. The Kier molecular flexibility index (Phi) is 3.66. The largest absolute Gasteiger partial charge is 0.334 e. The normalized spacial score (nSPS) is 28.6. The van der Waals surface area contributed by atoms with Crippen LogP contribution in [0.2, 0.25) is 0 Å². The Morgan fingerprint density at radius 2 is 2.28 bits per heavy atom. The Labute approximate surface area is 112 Å². The molecule has 3 rings (SSSR count). The molecule has 3 heterocycles. The van der Waals surface area contributed by atoms with Gasteiger partial charge in [-0.15, -0.1) is 0 Å². The fraction of sp³-hybridized carbons (Fsp3) is 0.643. The summed E-state index contributed by atoms with van der Waals surface area (Å²) in [6.07, 6.45) is 5.65. The number of piperidine rings is 1. The van der Waals surface area contributed by atoms with Crippen LogP contribution in [0.4, 0.5) is 0 Å². The third kappa shape index (κ3) is 2.31. The number of carbonyl (C=O) groups excluding carboxylic acids is 1. The van der Waals surface area contributed by atoms with Gasteiger partial charge in [-0.2, -0.15) is 11.3 Å². The van der Waals surface area contributed by atoms with Crippen LogP contribution in [0.3, 0.4) is 0 Å². The zero-order valence-corrected chi connectivity index (χ0v) is 11.4. The fourth-order valence-corrected chi connectivity index (χ4v) is 3.81. The number of thiophene rings is 1. The van der Waals surface area contributed by atoms with E-state index in [1.54, 1.807) is 11.3 Å². The Bertz CT molecular complexity index is 398. The quantitative estimate of drug-likeness (QED) is 0.890. The smallest absolute Gasteiger partial charge is 0.240 e. The van der Waals surface area contributed by atoms with Crippen molar-refractivity contribution in [3.05, 3.63) is 22.4 Å². The predicted octanol–water partition coefficient (Wildman–Crippen LogP) is 2.55. The van der Waals surface area contributed by atoms with Gasteiger partial charge in [-0.3, -0.25) is 4.79 Å². The molecule has 1 amide bonds. The molecule has 98 valence electrons. The number of carbonyl (C=O) groups is 1. The minimum Gasteiger partial charge on any atom is -0.334 e. The third-order valence-corrected chi connectivity index (χ3v) is 4.77. The molecular weight excluding hydrogens is 244 g/mol. The highest BCUT2D eigenvalue weighted by Gasteiger charge is 2.34. The van der Waals surface area contributed by atoms with Crippen molar-refractivity contribution >= 4 is 17.2 Å². The van der Waals surface area contributed by atoms with Gasteiger partial charge in [0.1, 0.15) is 0 Å². The van der Waals surface area contributed by atoms with Crippen molar-refractivity contribution in [1.82, 2.24) is 10.2 Å². The van der Waals surface area contributed by atoms with Crippen LogP contribution >= 0.6 is 11.3 Å². The lowest BCUT2D eigenvalue weighted by molar-refractivity contribution is -0.135. The Hall–Kier alpha value is -0.870. The summed E-state index contributed by atoms with van der Waals surface area (Å²) in [6, 6.07) is 2.56. The highest BCUT2D eigenvalue weighted by molar-refractivity contribution is 7.07. The van der Waals surface area contributed by atoms with Gasteiger partial charge in [-0.25, -0.2) is 0 Å². The molecular formula is C14H20N2OS. The van der Waals surface area contributed by atoms with E-state index in [2.05, 4.69) is 27.0 Å². The van der Waals surface area contributed by atoms with E-state index in [-0.39, 0.29) is 6.04 Å². The second-order valence-electron chi connectivity index (χ2n) is 5.25. The van der Waals surface area contributed by atoms with Gasteiger partial charge in [0.15, 0.2) is 0 Å². The maximum Gasteiger partial charge on any atom is 0.240 e. The van der Waals surface area contributed by atoms with E-state index in [1.165, 1.54) is 18.4 Å². The zero-order chi connectivity index (χ0) is 12.4. The Morgan fingerprint density at radius 3 is 3.00 bits per heavy atom. The van der Waals surface area contributed by atoms with Crippen LogP contribution in [-0.4, -0.2) is 29.9 Å². The van der Waals surface area contributed by atoms with Crippen LogP contribution in [0.5, 0.6) is 0 Å². The van der Waals surface area contributed by atoms with E-state index in [1.807, 2.05) is 0 Å². The van der Waals surface area contributed by atoms with Gasteiger partial charge in [-0.1, -0.05) is 6.42 Å². The van der Waals surface area contributed by atoms with E-state index in [9.17, 15) is 4.79 Å². The van der Waals surface area contributed by atoms with Crippen LogP contribution in [0.1, 0.15) is 43.7 Å². The monoisotopic (exact) mass is 264 g/mol. The van der Waals surface area contributed by atoms with Crippen molar-refractivity contribution in [3.63, 3.8) is 0 Å². The number of amides is 1. The summed E-state index contributed by atoms with van der Waals surface area (Å²) in [5.41, 5.74) is 1.32. The van der Waals surface area contributed by atoms with E-state index >= 15 is 0 Å². The zero-order valence-electron chi connectivity index (χ0n) is 10.6. The molecule has 0 saturated carbocycles. The first-order chi connectivity index (χ1) is 8.86. The molecule has 3 nitrogen and oxygen atoms in total. The molecule has 2 aliphatic heterocycles. The average molecular weight is 264 g/mol. The highest BCUT2D eigenvalue weighted by atomic mass is 32.1. The van der Waals surface area contributed by atoms with Crippen LogP contribution in [0.15, 0.2) is 16.8 Å². The summed E-state index contributed by atoms with van der Waals surface area (Å²) in [5.74, 6) is 0.323. The van der Waals surface area contributed by atoms with E-state index < -0.39 is 0 Å². The van der Waals surface area contributed by atoms with E-state index in [0.717, 1.165) is 32.4 Å². The number of hydrogen-bond donors (Lipinski definition) is 1. The summed E-state index contributed by atoms with van der Waals surface area (Å²) in [5, 5.41) is 7.66. The summed E-state index contributed by atoms with van der Waals surface area (Å²) >= 11 is 1.72. The van der Waals surface area contributed by atoms with Gasteiger partial charge in [0, 0.05) is 6.54 Å². The van der Waals surface area contributed by atoms with Crippen molar-refractivity contribution in [2.45, 2.75) is 44.2 Å². The van der Waals surface area contributed by atoms with Gasteiger partial charge in [0.2, 0.25) is 5.91 Å². The van der Waals surface area contributed by atoms with Crippen molar-refractivity contribution in [3.8, 4) is 0 Å². The van der Waals surface area contributed by atoms with Gasteiger partial charge in [-0.05, 0) is 54.6 Å². The fourth-order valence-electron chi connectivity index (χ4n) is 3.10. The molecule has 18 heavy (non-hydrogen) atoms. The number of nitrogens with one attached hydrogen (secondary N) is 1. The average Bonchev–Trinajstić information content (AvgIpc) is 3.09. The van der Waals surface area contributed by atoms with Crippen molar-refractivity contribution in [1.29, 1.82) is 0 Å². The topological polar surface area (TPSA) is 32.3 Å². The second-order valence-corrected chi connectivity index (χ2v) is 6.03. The summed E-state index contributed by atoms with van der Waals surface area (Å²) in [4.78, 5) is 14.7. The summed E-state index contributed by atoms with van der Waals surface area (Å²) in [6.45, 7) is 1.92. The SMILES string of the molecule is O=C(C1CCCCN1)N1CCCC1c1ccsc1. The molecule has 2 saturated heterocycles. The minimum atomic E-state index is 0.0676. The molecule has 1 N–H and O–H groups in total. The molecule has 2 fully saturated rings. The van der Waals surface area contributed by atoms with Gasteiger partial charge >= 0.3 is 0 Å². The molecule has 2 atom stereocenters. The number of likely N-dealkylation sites (tertiary alicyclic amines) is 1. The van der Waals surface area contributed by atoms with Crippen molar-refractivity contribution in [2.75, 3.05) is 13.1 Å². The molecule has 2 aliphatic rings. The Morgan fingerprint density at radius 1 is 1.33 bits per heavy atom. The van der Waals surface area contributed by atoms with Crippen LogP contribution in [-0.2, 0) is 4.79 Å². The summed E-state index contributed by atoms with van der Waals surface area (Å²) in [7, 11) is 0. The molecule has 0 radical (unpaired) electrons. The molecule has 0 bridgehead atoms. The van der Waals surface area contributed by atoms with Gasteiger partial charge in [0.25, 0.3) is 0 Å². The molecule has 0 spiro atoms. The molecule has 0 aliphatic carbocycles. The summed E-state index contributed by atoms with van der Waals surface area (Å²) < 4.78 is 0. The molecule has 1 aromatic rings. The molecule has 2 unspecified atom stereocenters. The van der Waals surface area contributed by atoms with Crippen LogP contribution in [0, 0.1) is 0 Å². The second kappa shape index (κ2) is 5.41. The van der Waals surface area contributed by atoms with Gasteiger partial charge in [0.05, 0.1) is 12.1 Å². The number of rotatable bonds is 2. The minimum absolute atomic E-state index is 0.0676. The van der Waals surface area contributed by atoms with Gasteiger partial charge < -0.3 is 10.2 Å². The molecule has 1 aromatic heterocycles. The van der Waals surface area contributed by atoms with Crippen molar-refractivity contribution in [2.24, 2.45) is 0 Å². The van der Waals surface area contributed by atoms with E-state index in [0.29, 0.717) is 11.9 Å². The van der Waals surface area contributed by atoms with Crippen LogP contribution < -0.4 is 5.32 Å². The van der Waals surface area contributed by atoms with Crippen LogP contribution in [0.25, 0.3) is 0 Å². The van der Waals surface area contributed by atoms with Crippen molar-refractivity contribution < 1.29 is 4.79 Å². The number of nitrogens with zero attached hydrogens (tertiary/aromatic N) is 1. The lowest BCUT2D eigenvalue weighted by atomic mass is 10.0. The van der Waals surface area contributed by atoms with E-state index in [4.69, 9.17) is 0 Å². The lowest BCUT2D eigenvalue weighted by Gasteiger charge is -2.31. The lowest BCUT2D eigenvalue weighted by Crippen LogP contribution is -2.48. The predicted molar refractivity (Wildman–Crippen MR) is 73.6 cm³/mol. The first kappa shape index (κ1) is 12.2. The molecule has 0 aromatic carbocycles. The first-order valence-corrected chi connectivity index (χ1v) is 7.86. The third-order valence-electron chi connectivity index (χ3n) is 4.07. The standard InChI is InChI=1S/C14H20N2OS/c17-14(12-4-1-2-7-15-12)16-8-3-5-13(16)11-6-9-18-10-11/h6,9-10,12-13,15H,1-5,7-8H2. The Balaban J connectivity index is 1.72. The molecule has 4 heteroatoms.